The summed E-state index contributed by atoms with van der Waals surface area (Å²) in [5, 5.41) is 64.4. The minimum absolute atomic E-state index is 0.296. The highest BCUT2D eigenvalue weighted by Gasteiger charge is 2.44. The van der Waals surface area contributed by atoms with Gasteiger partial charge in [-0.15, -0.1) is 0 Å². The number of allylic oxidation sites excluding steroid dienone is 5. The number of unbranched alkanes of at least 4 members (excludes halogenated alkanes) is 19. The molecule has 1 amide bonds. The second-order valence-electron chi connectivity index (χ2n) is 14.9. The van der Waals surface area contributed by atoms with Gasteiger partial charge in [-0.05, 0) is 57.8 Å². The van der Waals surface area contributed by atoms with Crippen LogP contribution in [0.3, 0.4) is 0 Å². The Morgan fingerprint density at radius 2 is 1.11 bits per heavy atom. The molecule has 310 valence electrons. The van der Waals surface area contributed by atoms with Crippen molar-refractivity contribution in [1.29, 1.82) is 0 Å². The number of hydrogen-bond donors (Lipinski definition) is 7. The minimum Gasteiger partial charge on any atom is -0.394 e. The first-order valence-electron chi connectivity index (χ1n) is 21.3. The van der Waals surface area contributed by atoms with Gasteiger partial charge in [-0.3, -0.25) is 4.79 Å². The Morgan fingerprint density at radius 1 is 0.642 bits per heavy atom. The van der Waals surface area contributed by atoms with Gasteiger partial charge in [0.1, 0.15) is 30.5 Å². The van der Waals surface area contributed by atoms with Crippen LogP contribution in [0, 0.1) is 0 Å². The zero-order chi connectivity index (χ0) is 38.9. The maximum Gasteiger partial charge on any atom is 0.249 e. The van der Waals surface area contributed by atoms with E-state index >= 15 is 0 Å². The van der Waals surface area contributed by atoms with Crippen molar-refractivity contribution < 1.29 is 44.9 Å². The molecular formula is C43H79NO9. The van der Waals surface area contributed by atoms with Crippen LogP contribution >= 0.6 is 0 Å². The third kappa shape index (κ3) is 24.5. The number of aliphatic hydroxyl groups is 6. The van der Waals surface area contributed by atoms with Crippen molar-refractivity contribution >= 4 is 5.91 Å². The highest BCUT2D eigenvalue weighted by atomic mass is 16.7. The van der Waals surface area contributed by atoms with Crippen LogP contribution in [0.4, 0.5) is 0 Å². The molecule has 10 heteroatoms. The third-order valence-electron chi connectivity index (χ3n) is 10.0. The smallest absolute Gasteiger partial charge is 0.249 e. The molecule has 1 aliphatic heterocycles. The monoisotopic (exact) mass is 754 g/mol. The molecule has 8 atom stereocenters. The summed E-state index contributed by atoms with van der Waals surface area (Å²) in [5.41, 5.74) is 0. The van der Waals surface area contributed by atoms with Crippen molar-refractivity contribution in [2.24, 2.45) is 0 Å². The molecule has 0 spiro atoms. The number of nitrogens with one attached hydrogen (secondary N) is 1. The summed E-state index contributed by atoms with van der Waals surface area (Å²) in [7, 11) is 0. The van der Waals surface area contributed by atoms with Crippen LogP contribution in [0.5, 0.6) is 0 Å². The number of carbonyl (C=O) groups excluding carboxylic acids is 1. The Hall–Kier alpha value is -1.63. The molecule has 1 rings (SSSR count). The van der Waals surface area contributed by atoms with Crippen LogP contribution in [0.2, 0.25) is 0 Å². The first-order chi connectivity index (χ1) is 25.8. The largest absolute Gasteiger partial charge is 0.394 e. The summed E-state index contributed by atoms with van der Waals surface area (Å²) in [6.07, 6.45) is 29.4. The second kappa shape index (κ2) is 33.7. The lowest BCUT2D eigenvalue weighted by molar-refractivity contribution is -0.302. The van der Waals surface area contributed by atoms with Gasteiger partial charge in [0, 0.05) is 0 Å². The molecule has 0 radical (unpaired) electrons. The average molecular weight is 754 g/mol. The first kappa shape index (κ1) is 49.4. The Bertz CT molecular complexity index is 943. The molecule has 8 unspecified atom stereocenters. The lowest BCUT2D eigenvalue weighted by Gasteiger charge is -2.40. The zero-order valence-corrected chi connectivity index (χ0v) is 33.4. The maximum atomic E-state index is 13.0. The number of amides is 1. The summed E-state index contributed by atoms with van der Waals surface area (Å²) < 4.78 is 11.1. The average Bonchev–Trinajstić information content (AvgIpc) is 3.16. The molecule has 53 heavy (non-hydrogen) atoms. The molecule has 7 N–H and O–H groups in total. The van der Waals surface area contributed by atoms with Gasteiger partial charge in [0.2, 0.25) is 5.91 Å². The van der Waals surface area contributed by atoms with E-state index in [0.717, 1.165) is 38.5 Å². The van der Waals surface area contributed by atoms with E-state index in [4.69, 9.17) is 9.47 Å². The summed E-state index contributed by atoms with van der Waals surface area (Å²) in [5.74, 6) is -0.634. The van der Waals surface area contributed by atoms with E-state index < -0.39 is 61.5 Å². The first-order valence-corrected chi connectivity index (χ1v) is 21.3. The van der Waals surface area contributed by atoms with Gasteiger partial charge in [0.15, 0.2) is 6.29 Å². The van der Waals surface area contributed by atoms with Crippen molar-refractivity contribution in [1.82, 2.24) is 5.32 Å². The summed E-state index contributed by atoms with van der Waals surface area (Å²) >= 11 is 0. The fourth-order valence-corrected chi connectivity index (χ4v) is 6.46. The van der Waals surface area contributed by atoms with Crippen LogP contribution in [0.25, 0.3) is 0 Å². The van der Waals surface area contributed by atoms with E-state index in [1.807, 2.05) is 6.08 Å². The molecule has 1 fully saturated rings. The molecule has 0 aromatic rings. The fraction of sp³-hybridized carbons (Fsp3) is 0.837. The SMILES string of the molecule is CCCCCC/C=C\CCCCCCCCC(O)C(=O)NC(COC1OC(CO)C(O)C(O)C1O)C(O)/C=C/CC/C=C/CCCCCCCCCC. The standard InChI is InChI=1S/C43H79NO9/c1-3-5-7-9-11-13-15-17-19-21-23-25-27-29-31-36(46)35(34-52-43-41(50)40(49)39(48)38(33-45)53-43)44-42(51)37(47)32-30-28-26-24-22-20-18-16-14-12-10-8-6-4-2/h14,16,21,23,29,31,35-41,43,45-50H,3-13,15,17-20,22,24-28,30,32-34H2,1-2H3,(H,44,51)/b16-14-,23-21+,31-29+. The quantitative estimate of drug-likeness (QED) is 0.0268. The lowest BCUT2D eigenvalue weighted by atomic mass is 9.99. The van der Waals surface area contributed by atoms with Gasteiger partial charge in [0.05, 0.1) is 25.4 Å². The number of hydrogen-bond acceptors (Lipinski definition) is 9. The minimum atomic E-state index is -1.61. The molecule has 0 bridgehead atoms. The van der Waals surface area contributed by atoms with Gasteiger partial charge >= 0.3 is 0 Å². The van der Waals surface area contributed by atoms with Crippen LogP contribution < -0.4 is 5.32 Å². The third-order valence-corrected chi connectivity index (χ3v) is 10.0. The van der Waals surface area contributed by atoms with Crippen molar-refractivity contribution in [3.63, 3.8) is 0 Å². The molecule has 1 heterocycles. The van der Waals surface area contributed by atoms with E-state index in [9.17, 15) is 35.4 Å². The van der Waals surface area contributed by atoms with Gasteiger partial charge in [-0.1, -0.05) is 147 Å². The summed E-state index contributed by atoms with van der Waals surface area (Å²) in [4.78, 5) is 13.0. The highest BCUT2D eigenvalue weighted by Crippen LogP contribution is 2.22. The number of aliphatic hydroxyl groups excluding tert-OH is 6. The maximum absolute atomic E-state index is 13.0. The summed E-state index contributed by atoms with van der Waals surface area (Å²) in [6, 6.07) is -0.997. The van der Waals surface area contributed by atoms with E-state index in [2.05, 4.69) is 43.5 Å². The molecule has 0 aromatic carbocycles. The van der Waals surface area contributed by atoms with Crippen molar-refractivity contribution in [2.75, 3.05) is 13.2 Å². The van der Waals surface area contributed by atoms with Crippen molar-refractivity contribution in [2.45, 2.75) is 217 Å². The fourth-order valence-electron chi connectivity index (χ4n) is 6.46. The topological polar surface area (TPSA) is 169 Å². The van der Waals surface area contributed by atoms with E-state index in [1.54, 1.807) is 6.08 Å². The van der Waals surface area contributed by atoms with E-state index in [1.165, 1.54) is 96.3 Å². The molecule has 1 saturated heterocycles. The molecule has 0 aromatic heterocycles. The van der Waals surface area contributed by atoms with E-state index in [-0.39, 0.29) is 6.61 Å². The zero-order valence-electron chi connectivity index (χ0n) is 33.4. The normalized spacial score (nSPS) is 22.6. The van der Waals surface area contributed by atoms with Crippen LogP contribution in [-0.2, 0) is 14.3 Å². The molecular weight excluding hydrogens is 674 g/mol. The Labute approximate surface area is 322 Å². The Kier molecular flexibility index (Phi) is 31.4. The molecule has 0 saturated carbocycles. The van der Waals surface area contributed by atoms with Crippen molar-refractivity contribution in [3.8, 4) is 0 Å². The van der Waals surface area contributed by atoms with E-state index in [0.29, 0.717) is 19.3 Å². The Balaban J connectivity index is 2.51. The second-order valence-corrected chi connectivity index (χ2v) is 14.9. The number of rotatable bonds is 34. The van der Waals surface area contributed by atoms with Gasteiger partial charge in [0.25, 0.3) is 0 Å². The number of ether oxygens (including phenoxy) is 2. The predicted octanol–water partition coefficient (Wildman–Crippen LogP) is 7.08. The number of carbonyl (C=O) groups is 1. The van der Waals surface area contributed by atoms with Crippen LogP contribution in [0.15, 0.2) is 36.5 Å². The summed E-state index contributed by atoms with van der Waals surface area (Å²) in [6.45, 7) is 3.54. The van der Waals surface area contributed by atoms with Gasteiger partial charge in [-0.2, -0.15) is 0 Å². The molecule has 1 aliphatic rings. The molecule has 0 aliphatic carbocycles. The highest BCUT2D eigenvalue weighted by molar-refractivity contribution is 5.80. The predicted molar refractivity (Wildman–Crippen MR) is 213 cm³/mol. The van der Waals surface area contributed by atoms with Crippen molar-refractivity contribution in [3.05, 3.63) is 36.5 Å². The van der Waals surface area contributed by atoms with Gasteiger partial charge in [-0.25, -0.2) is 0 Å². The Morgan fingerprint density at radius 3 is 1.66 bits per heavy atom. The van der Waals surface area contributed by atoms with Gasteiger partial charge < -0.3 is 45.4 Å². The molecule has 10 nitrogen and oxygen atoms in total. The van der Waals surface area contributed by atoms with Crippen LogP contribution in [0.1, 0.15) is 168 Å². The van der Waals surface area contributed by atoms with Crippen LogP contribution in [-0.4, -0.2) is 98.7 Å². The lowest BCUT2D eigenvalue weighted by Crippen LogP contribution is -2.60.